The summed E-state index contributed by atoms with van der Waals surface area (Å²) in [7, 11) is 1.37. The molecule has 0 amide bonds. The second-order valence-corrected chi connectivity index (χ2v) is 8.89. The van der Waals surface area contributed by atoms with Gasteiger partial charge in [0.2, 0.25) is 5.88 Å². The monoisotopic (exact) mass is 483 g/mol. The fourth-order valence-electron chi connectivity index (χ4n) is 4.13. The van der Waals surface area contributed by atoms with E-state index < -0.39 is 0 Å². The largest absolute Gasteiger partial charge is 0.473 e. The normalized spacial score (nSPS) is 14.7. The number of carbonyl (C=O) groups excluding carboxylic acids is 1. The minimum Gasteiger partial charge on any atom is -0.473 e. The highest BCUT2D eigenvalue weighted by Crippen LogP contribution is 2.29. The number of halogens is 2. The predicted octanol–water partition coefficient (Wildman–Crippen LogP) is 5.32. The van der Waals surface area contributed by atoms with Gasteiger partial charge in [-0.15, -0.1) is 0 Å². The van der Waals surface area contributed by atoms with E-state index in [4.69, 9.17) is 21.1 Å². The van der Waals surface area contributed by atoms with Crippen LogP contribution in [-0.4, -0.2) is 41.0 Å². The zero-order valence-corrected chi connectivity index (χ0v) is 20.0. The van der Waals surface area contributed by atoms with E-state index in [0.717, 1.165) is 49.4 Å². The van der Waals surface area contributed by atoms with Crippen molar-refractivity contribution in [3.63, 3.8) is 0 Å². The first kappa shape index (κ1) is 24.1. The quantitative estimate of drug-likeness (QED) is 0.424. The predicted molar refractivity (Wildman–Crippen MR) is 128 cm³/mol. The number of ether oxygens (including phenoxy) is 2. The highest BCUT2D eigenvalue weighted by molar-refractivity contribution is 6.30. The summed E-state index contributed by atoms with van der Waals surface area (Å²) in [5, 5.41) is 0.358. The van der Waals surface area contributed by atoms with Crippen LogP contribution in [-0.2, 0) is 17.9 Å². The number of aromatic nitrogens is 2. The number of nitrogens with zero attached hydrogens (tertiary/aromatic N) is 3. The van der Waals surface area contributed by atoms with Crippen molar-refractivity contribution in [1.29, 1.82) is 0 Å². The summed E-state index contributed by atoms with van der Waals surface area (Å²) in [6, 6.07) is 12.1. The molecular weight excluding hydrogens is 457 g/mol. The van der Waals surface area contributed by atoms with Crippen LogP contribution in [0.2, 0.25) is 5.02 Å². The lowest BCUT2D eigenvalue weighted by Gasteiger charge is -2.31. The third-order valence-electron chi connectivity index (χ3n) is 6.12. The Hall–Kier alpha value is -3.03. The molecule has 3 aromatic rings. The Labute approximate surface area is 203 Å². The summed E-state index contributed by atoms with van der Waals surface area (Å²) in [5.41, 5.74) is 3.84. The molecule has 0 atom stereocenters. The molecule has 1 aliphatic rings. The average Bonchev–Trinajstić information content (AvgIpc) is 2.85. The van der Waals surface area contributed by atoms with Crippen molar-refractivity contribution < 1.29 is 18.7 Å². The molecule has 1 aliphatic heterocycles. The Morgan fingerprint density at radius 1 is 1.21 bits per heavy atom. The van der Waals surface area contributed by atoms with Crippen molar-refractivity contribution in [3.8, 4) is 5.88 Å². The van der Waals surface area contributed by atoms with E-state index in [2.05, 4.69) is 14.9 Å². The molecule has 0 saturated carbocycles. The first-order valence-electron chi connectivity index (χ1n) is 11.2. The van der Waals surface area contributed by atoms with Gasteiger partial charge in [-0.3, -0.25) is 9.88 Å². The zero-order valence-electron chi connectivity index (χ0n) is 19.3. The number of benzene rings is 1. The summed E-state index contributed by atoms with van der Waals surface area (Å²) < 4.78 is 24.5. The number of aryl methyl sites for hydroxylation is 1. The number of hydrogen-bond acceptors (Lipinski definition) is 6. The Bertz CT molecular complexity index is 1170. The Morgan fingerprint density at radius 2 is 2.00 bits per heavy atom. The number of rotatable bonds is 7. The second kappa shape index (κ2) is 10.9. The third kappa shape index (κ3) is 5.90. The molecule has 34 heavy (non-hydrogen) atoms. The smallest absolute Gasteiger partial charge is 0.339 e. The van der Waals surface area contributed by atoms with Gasteiger partial charge in [-0.25, -0.2) is 14.2 Å². The third-order valence-corrected chi connectivity index (χ3v) is 6.36. The molecule has 2 aromatic heterocycles. The van der Waals surface area contributed by atoms with Crippen molar-refractivity contribution in [3.05, 3.63) is 87.6 Å². The number of pyridine rings is 2. The van der Waals surface area contributed by atoms with Crippen molar-refractivity contribution >= 4 is 17.6 Å². The molecule has 6 nitrogen and oxygen atoms in total. The van der Waals surface area contributed by atoms with Crippen molar-refractivity contribution in [2.45, 2.75) is 38.8 Å². The van der Waals surface area contributed by atoms with Crippen molar-refractivity contribution in [2.24, 2.45) is 0 Å². The molecule has 1 saturated heterocycles. The zero-order chi connectivity index (χ0) is 24.1. The lowest BCUT2D eigenvalue weighted by Crippen LogP contribution is -2.33. The van der Waals surface area contributed by atoms with E-state index in [0.29, 0.717) is 27.9 Å². The van der Waals surface area contributed by atoms with Gasteiger partial charge in [0.05, 0.1) is 18.4 Å². The molecule has 0 spiro atoms. The van der Waals surface area contributed by atoms with Crippen LogP contribution >= 0.6 is 11.6 Å². The molecule has 8 heteroatoms. The van der Waals surface area contributed by atoms with Crippen LogP contribution in [0.15, 0.2) is 48.7 Å². The Balaban J connectivity index is 1.32. The van der Waals surface area contributed by atoms with Gasteiger partial charge in [-0.2, -0.15) is 0 Å². The molecule has 1 fully saturated rings. The maximum Gasteiger partial charge on any atom is 0.339 e. The van der Waals surface area contributed by atoms with E-state index in [1.54, 1.807) is 24.4 Å². The molecule has 178 valence electrons. The molecule has 0 N–H and O–H groups in total. The number of piperidine rings is 1. The first-order chi connectivity index (χ1) is 16.4. The number of esters is 1. The fraction of sp³-hybridized carbons (Fsp3) is 0.346. The summed E-state index contributed by atoms with van der Waals surface area (Å²) in [4.78, 5) is 23.2. The minimum absolute atomic E-state index is 0.0962. The van der Waals surface area contributed by atoms with Crippen LogP contribution in [0.4, 0.5) is 4.39 Å². The van der Waals surface area contributed by atoms with Crippen molar-refractivity contribution in [1.82, 2.24) is 14.9 Å². The summed E-state index contributed by atoms with van der Waals surface area (Å²) in [6.07, 6.45) is 3.52. The van der Waals surface area contributed by atoms with Gasteiger partial charge in [0, 0.05) is 41.0 Å². The first-order valence-corrected chi connectivity index (χ1v) is 11.6. The van der Waals surface area contributed by atoms with Gasteiger partial charge < -0.3 is 9.47 Å². The Morgan fingerprint density at radius 3 is 2.71 bits per heavy atom. The number of carbonyl (C=O) groups is 1. The molecule has 0 radical (unpaired) electrons. The van der Waals surface area contributed by atoms with Gasteiger partial charge >= 0.3 is 5.97 Å². The fourth-order valence-corrected chi connectivity index (χ4v) is 4.28. The highest BCUT2D eigenvalue weighted by atomic mass is 35.5. The average molecular weight is 484 g/mol. The van der Waals surface area contributed by atoms with Crippen LogP contribution < -0.4 is 4.74 Å². The molecule has 0 aliphatic carbocycles. The summed E-state index contributed by atoms with van der Waals surface area (Å²) in [6.45, 7) is 4.65. The van der Waals surface area contributed by atoms with Crippen LogP contribution in [0.1, 0.15) is 51.6 Å². The number of methoxy groups -OCH3 is 1. The topological polar surface area (TPSA) is 64.5 Å². The van der Waals surface area contributed by atoms with Gasteiger partial charge in [0.15, 0.2) is 0 Å². The summed E-state index contributed by atoms with van der Waals surface area (Å²) >= 11 is 5.81. The van der Waals surface area contributed by atoms with Crippen LogP contribution in [0.3, 0.4) is 0 Å². The highest BCUT2D eigenvalue weighted by Gasteiger charge is 2.23. The molecular formula is C26H27ClFN3O3. The lowest BCUT2D eigenvalue weighted by atomic mass is 9.93. The maximum absolute atomic E-state index is 14.0. The molecule has 3 heterocycles. The second-order valence-electron chi connectivity index (χ2n) is 8.45. The van der Waals surface area contributed by atoms with E-state index >= 15 is 0 Å². The van der Waals surface area contributed by atoms with E-state index in [9.17, 15) is 9.18 Å². The van der Waals surface area contributed by atoms with Crippen LogP contribution in [0.25, 0.3) is 0 Å². The van der Waals surface area contributed by atoms with E-state index in [1.807, 2.05) is 25.1 Å². The van der Waals surface area contributed by atoms with E-state index in [-0.39, 0.29) is 18.4 Å². The standard InChI is InChI=1S/C26H27ClFN3O3/c1-17-12-20(26(32)33-2)14-29-24(17)15-31-10-8-18(9-11-31)23-4-3-5-25(30-23)34-16-19-6-7-21(27)13-22(19)28/h3-7,12-14,18H,8-11,15-16H2,1-2H3. The van der Waals surface area contributed by atoms with E-state index in [1.165, 1.54) is 13.2 Å². The molecule has 1 aromatic carbocycles. The van der Waals surface area contributed by atoms with Gasteiger partial charge in [0.1, 0.15) is 12.4 Å². The summed E-state index contributed by atoms with van der Waals surface area (Å²) in [5.74, 6) is 0.0586. The van der Waals surface area contributed by atoms with Gasteiger partial charge in [-0.05, 0) is 62.7 Å². The Kier molecular flexibility index (Phi) is 7.75. The van der Waals surface area contributed by atoms with Crippen LogP contribution in [0, 0.1) is 12.7 Å². The van der Waals surface area contributed by atoms with Gasteiger partial charge in [0.25, 0.3) is 0 Å². The molecule has 0 bridgehead atoms. The molecule has 0 unspecified atom stereocenters. The maximum atomic E-state index is 14.0. The number of hydrogen-bond donors (Lipinski definition) is 0. The van der Waals surface area contributed by atoms with Crippen molar-refractivity contribution in [2.75, 3.05) is 20.2 Å². The number of likely N-dealkylation sites (tertiary alicyclic amines) is 1. The lowest BCUT2D eigenvalue weighted by molar-refractivity contribution is 0.0600. The molecule has 4 rings (SSSR count). The van der Waals surface area contributed by atoms with Gasteiger partial charge in [-0.1, -0.05) is 23.7 Å². The van der Waals surface area contributed by atoms with Crippen LogP contribution in [0.5, 0.6) is 5.88 Å². The minimum atomic E-state index is -0.388. The SMILES string of the molecule is COC(=O)c1cnc(CN2CCC(c3cccc(OCc4ccc(Cl)cc4F)n3)CC2)c(C)c1.